The monoisotopic (exact) mass is 276 g/mol. The number of alkyl halides is 3. The van der Waals surface area contributed by atoms with E-state index >= 15 is 0 Å². The van der Waals surface area contributed by atoms with Crippen LogP contribution in [0, 0.1) is 0 Å². The first-order chi connectivity index (χ1) is 8.96. The first-order valence-corrected chi connectivity index (χ1v) is 6.31. The predicted octanol–water partition coefficient (Wildman–Crippen LogP) is 2.36. The maximum Gasteiger partial charge on any atom is 0.405 e. The number of anilines is 1. The lowest BCUT2D eigenvalue weighted by atomic mass is 10.3. The Morgan fingerprint density at radius 3 is 2.42 bits per heavy atom. The van der Waals surface area contributed by atoms with Crippen LogP contribution in [-0.4, -0.2) is 36.0 Å². The zero-order chi connectivity index (χ0) is 14.3. The summed E-state index contributed by atoms with van der Waals surface area (Å²) < 4.78 is 37.4. The van der Waals surface area contributed by atoms with Gasteiger partial charge in [-0.2, -0.15) is 18.3 Å². The molecule has 0 aromatic carbocycles. The summed E-state index contributed by atoms with van der Waals surface area (Å²) in [6.07, 6.45) is -3.61. The number of nitrogens with one attached hydrogen (secondary N) is 1. The second-order valence-electron chi connectivity index (χ2n) is 4.20. The maximum absolute atomic E-state index is 12.5. The first kappa shape index (κ1) is 15.7. The van der Waals surface area contributed by atoms with Crippen LogP contribution in [0.1, 0.15) is 26.0 Å². The number of hydrogen-bond donors (Lipinski definition) is 1. The molecule has 0 bridgehead atoms. The molecule has 0 unspecified atom stereocenters. The molecule has 19 heavy (non-hydrogen) atoms. The molecule has 0 fully saturated rings. The molecule has 1 aromatic heterocycles. The molecule has 4 nitrogen and oxygen atoms in total. The van der Waals surface area contributed by atoms with E-state index in [-0.39, 0.29) is 5.82 Å². The Labute approximate surface area is 111 Å². The second-order valence-corrected chi connectivity index (χ2v) is 4.20. The van der Waals surface area contributed by atoms with E-state index < -0.39 is 12.7 Å². The highest BCUT2D eigenvalue weighted by Gasteiger charge is 2.31. The molecule has 108 valence electrons. The van der Waals surface area contributed by atoms with E-state index in [0.29, 0.717) is 25.2 Å². The third-order valence-corrected chi connectivity index (χ3v) is 2.45. The van der Waals surface area contributed by atoms with Crippen molar-refractivity contribution in [1.29, 1.82) is 0 Å². The summed E-state index contributed by atoms with van der Waals surface area (Å²) in [5, 5.41) is 10.9. The number of halogens is 3. The molecular formula is C12H19F3N4. The van der Waals surface area contributed by atoms with Crippen LogP contribution in [0.4, 0.5) is 19.0 Å². The summed E-state index contributed by atoms with van der Waals surface area (Å²) in [4.78, 5) is 1.20. The minimum atomic E-state index is -4.24. The summed E-state index contributed by atoms with van der Waals surface area (Å²) in [5.41, 5.74) is 0.717. The van der Waals surface area contributed by atoms with Crippen molar-refractivity contribution in [3.05, 3.63) is 17.8 Å². The molecular weight excluding hydrogens is 257 g/mol. The van der Waals surface area contributed by atoms with Gasteiger partial charge in [-0.3, -0.25) is 0 Å². The fourth-order valence-corrected chi connectivity index (χ4v) is 1.63. The number of nitrogens with zero attached hydrogens (tertiary/aromatic N) is 3. The highest BCUT2D eigenvalue weighted by atomic mass is 19.4. The lowest BCUT2D eigenvalue weighted by Gasteiger charge is -2.23. The van der Waals surface area contributed by atoms with Crippen molar-refractivity contribution in [3.63, 3.8) is 0 Å². The highest BCUT2D eigenvalue weighted by molar-refractivity contribution is 5.37. The van der Waals surface area contributed by atoms with Gasteiger partial charge in [-0.05, 0) is 25.1 Å². The fraction of sp³-hybridized carbons (Fsp3) is 0.667. The number of rotatable bonds is 7. The Morgan fingerprint density at radius 2 is 1.95 bits per heavy atom. The minimum Gasteiger partial charge on any atom is -0.346 e. The van der Waals surface area contributed by atoms with E-state index in [2.05, 4.69) is 15.5 Å². The van der Waals surface area contributed by atoms with Gasteiger partial charge in [0.05, 0.1) is 5.69 Å². The van der Waals surface area contributed by atoms with Crippen molar-refractivity contribution in [3.8, 4) is 0 Å². The van der Waals surface area contributed by atoms with Crippen LogP contribution < -0.4 is 10.2 Å². The molecule has 0 aliphatic heterocycles. The van der Waals surface area contributed by atoms with E-state index in [1.165, 1.54) is 4.90 Å². The van der Waals surface area contributed by atoms with Gasteiger partial charge >= 0.3 is 6.18 Å². The van der Waals surface area contributed by atoms with Crippen LogP contribution in [0.15, 0.2) is 12.1 Å². The van der Waals surface area contributed by atoms with E-state index in [0.717, 1.165) is 6.54 Å². The van der Waals surface area contributed by atoms with E-state index in [4.69, 9.17) is 0 Å². The van der Waals surface area contributed by atoms with Crippen molar-refractivity contribution >= 4 is 5.82 Å². The van der Waals surface area contributed by atoms with E-state index in [1.807, 2.05) is 13.8 Å². The van der Waals surface area contributed by atoms with E-state index in [1.54, 1.807) is 12.1 Å². The molecule has 7 heteroatoms. The third-order valence-electron chi connectivity index (χ3n) is 2.45. The lowest BCUT2D eigenvalue weighted by Crippen LogP contribution is -2.35. The van der Waals surface area contributed by atoms with Gasteiger partial charge in [0, 0.05) is 13.1 Å². The first-order valence-electron chi connectivity index (χ1n) is 6.31. The van der Waals surface area contributed by atoms with Crippen LogP contribution in [0.2, 0.25) is 0 Å². The molecule has 0 radical (unpaired) electrons. The molecule has 0 spiro atoms. The van der Waals surface area contributed by atoms with Gasteiger partial charge in [0.1, 0.15) is 6.54 Å². The Kier molecular flexibility index (Phi) is 6.01. The van der Waals surface area contributed by atoms with Gasteiger partial charge in [0.2, 0.25) is 0 Å². The molecule has 0 saturated carbocycles. The fourth-order valence-electron chi connectivity index (χ4n) is 1.63. The molecule has 0 aliphatic rings. The predicted molar refractivity (Wildman–Crippen MR) is 68.0 cm³/mol. The summed E-state index contributed by atoms with van der Waals surface area (Å²) in [6.45, 7) is 4.48. The number of hydrogen-bond acceptors (Lipinski definition) is 4. The average Bonchev–Trinajstić information content (AvgIpc) is 2.35. The second kappa shape index (κ2) is 7.28. The summed E-state index contributed by atoms with van der Waals surface area (Å²) >= 11 is 0. The van der Waals surface area contributed by atoms with Crippen LogP contribution in [0.25, 0.3) is 0 Å². The standard InChI is InChI=1S/C12H19F3N4/c1-3-7-19(9-12(13,14)15)11-6-5-10(17-18-11)8-16-4-2/h5-6,16H,3-4,7-9H2,1-2H3. The molecule has 1 N–H and O–H groups in total. The molecule has 1 heterocycles. The molecule has 1 rings (SSSR count). The van der Waals surface area contributed by atoms with Crippen LogP contribution >= 0.6 is 0 Å². The summed E-state index contributed by atoms with van der Waals surface area (Å²) in [6, 6.07) is 3.28. The number of aromatic nitrogens is 2. The van der Waals surface area contributed by atoms with Crippen LogP contribution in [0.5, 0.6) is 0 Å². The molecule has 1 aromatic rings. The van der Waals surface area contributed by atoms with Gasteiger partial charge in [-0.15, -0.1) is 5.10 Å². The molecule has 0 aliphatic carbocycles. The van der Waals surface area contributed by atoms with Gasteiger partial charge in [-0.25, -0.2) is 0 Å². The molecule has 0 atom stereocenters. The largest absolute Gasteiger partial charge is 0.405 e. The van der Waals surface area contributed by atoms with Gasteiger partial charge in [-0.1, -0.05) is 13.8 Å². The van der Waals surface area contributed by atoms with Crippen LogP contribution in [-0.2, 0) is 6.54 Å². The van der Waals surface area contributed by atoms with Crippen molar-refractivity contribution in [2.24, 2.45) is 0 Å². The van der Waals surface area contributed by atoms with Crippen molar-refractivity contribution in [2.45, 2.75) is 33.0 Å². The Balaban J connectivity index is 2.73. The Morgan fingerprint density at radius 1 is 1.21 bits per heavy atom. The average molecular weight is 276 g/mol. The Hall–Kier alpha value is -1.37. The molecule has 0 amide bonds. The quantitative estimate of drug-likeness (QED) is 0.830. The summed E-state index contributed by atoms with van der Waals surface area (Å²) in [5.74, 6) is 0.263. The highest BCUT2D eigenvalue weighted by Crippen LogP contribution is 2.20. The normalized spacial score (nSPS) is 11.6. The van der Waals surface area contributed by atoms with Gasteiger partial charge < -0.3 is 10.2 Å². The maximum atomic E-state index is 12.5. The van der Waals surface area contributed by atoms with Gasteiger partial charge in [0.15, 0.2) is 5.82 Å². The van der Waals surface area contributed by atoms with Gasteiger partial charge in [0.25, 0.3) is 0 Å². The zero-order valence-electron chi connectivity index (χ0n) is 11.2. The lowest BCUT2D eigenvalue weighted by molar-refractivity contribution is -0.119. The summed E-state index contributed by atoms with van der Waals surface area (Å²) in [7, 11) is 0. The zero-order valence-corrected chi connectivity index (χ0v) is 11.2. The Bertz CT molecular complexity index is 364. The molecule has 0 saturated heterocycles. The third kappa shape index (κ3) is 5.87. The van der Waals surface area contributed by atoms with Crippen molar-refractivity contribution in [2.75, 3.05) is 24.5 Å². The van der Waals surface area contributed by atoms with Crippen molar-refractivity contribution in [1.82, 2.24) is 15.5 Å². The smallest absolute Gasteiger partial charge is 0.346 e. The minimum absolute atomic E-state index is 0.263. The SMILES string of the molecule is CCCN(CC(F)(F)F)c1ccc(CNCC)nn1. The topological polar surface area (TPSA) is 41.0 Å². The van der Waals surface area contributed by atoms with Crippen LogP contribution in [0.3, 0.4) is 0 Å². The van der Waals surface area contributed by atoms with Crippen molar-refractivity contribution < 1.29 is 13.2 Å². The van der Waals surface area contributed by atoms with E-state index in [9.17, 15) is 13.2 Å².